The molecule has 1 unspecified atom stereocenters. The van der Waals surface area contributed by atoms with Crippen molar-refractivity contribution in [1.82, 2.24) is 15.5 Å². The van der Waals surface area contributed by atoms with Crippen molar-refractivity contribution in [3.05, 3.63) is 29.7 Å². The molecule has 2 rings (SSSR count). The normalized spacial score (nSPS) is 13.4. The molecule has 1 aromatic heterocycles. The van der Waals surface area contributed by atoms with Crippen molar-refractivity contribution in [2.45, 2.75) is 25.6 Å². The lowest BCUT2D eigenvalue weighted by Gasteiger charge is -2.09. The number of phenols is 1. The number of aromatic nitrogens is 2. The Morgan fingerprint density at radius 1 is 1.38 bits per heavy atom. The van der Waals surface area contributed by atoms with E-state index < -0.39 is 17.5 Å². The van der Waals surface area contributed by atoms with Crippen LogP contribution in [0, 0.1) is 0 Å². The van der Waals surface area contributed by atoms with Crippen molar-refractivity contribution < 1.29 is 22.8 Å². The van der Waals surface area contributed by atoms with E-state index in [0.717, 1.165) is 12.1 Å². The molecule has 1 heterocycles. The van der Waals surface area contributed by atoms with Gasteiger partial charge in [-0.15, -0.1) is 0 Å². The van der Waals surface area contributed by atoms with E-state index >= 15 is 0 Å². The number of aromatic hydroxyl groups is 1. The summed E-state index contributed by atoms with van der Waals surface area (Å²) in [5, 5.41) is 15.9. The van der Waals surface area contributed by atoms with Gasteiger partial charge in [0.1, 0.15) is 5.75 Å². The first-order valence-electron chi connectivity index (χ1n) is 6.28. The maximum Gasteiger partial charge on any atom is 0.419 e. The van der Waals surface area contributed by atoms with Crippen molar-refractivity contribution in [3.8, 4) is 17.1 Å². The quantitative estimate of drug-likeness (QED) is 0.908. The summed E-state index contributed by atoms with van der Waals surface area (Å²) in [7, 11) is 1.72. The van der Waals surface area contributed by atoms with E-state index in [1.54, 1.807) is 7.05 Å². The third-order valence-electron chi connectivity index (χ3n) is 3.06. The zero-order chi connectivity index (χ0) is 15.6. The molecule has 0 aliphatic rings. The minimum absolute atomic E-state index is 0.0456. The summed E-state index contributed by atoms with van der Waals surface area (Å²) >= 11 is 0. The zero-order valence-electron chi connectivity index (χ0n) is 11.4. The van der Waals surface area contributed by atoms with Crippen molar-refractivity contribution >= 4 is 0 Å². The van der Waals surface area contributed by atoms with Crippen LogP contribution in [0.5, 0.6) is 5.75 Å². The first-order valence-corrected chi connectivity index (χ1v) is 6.28. The number of hydrogen-bond acceptors (Lipinski definition) is 5. The molecule has 2 N–H and O–H groups in total. The van der Waals surface area contributed by atoms with Crippen LogP contribution in [0.1, 0.15) is 30.8 Å². The van der Waals surface area contributed by atoms with Gasteiger partial charge in [0.25, 0.3) is 0 Å². The maximum absolute atomic E-state index is 12.8. The SMILES string of the molecule is CCC(NC)c1nc(-c2ccc(O)c(C(F)(F)F)c2)no1. The number of nitrogens with zero attached hydrogens (tertiary/aromatic N) is 2. The minimum Gasteiger partial charge on any atom is -0.507 e. The predicted octanol–water partition coefficient (Wildman–Crippen LogP) is 3.13. The van der Waals surface area contributed by atoms with Gasteiger partial charge >= 0.3 is 6.18 Å². The highest BCUT2D eigenvalue weighted by Crippen LogP contribution is 2.37. The third kappa shape index (κ3) is 3.15. The lowest BCUT2D eigenvalue weighted by molar-refractivity contribution is -0.138. The largest absolute Gasteiger partial charge is 0.507 e. The van der Waals surface area contributed by atoms with E-state index in [-0.39, 0.29) is 17.4 Å². The molecule has 2 aromatic rings. The second-order valence-corrected chi connectivity index (χ2v) is 4.44. The molecule has 0 aliphatic carbocycles. The molecule has 114 valence electrons. The van der Waals surface area contributed by atoms with E-state index in [1.807, 2.05) is 6.92 Å². The zero-order valence-corrected chi connectivity index (χ0v) is 11.4. The lowest BCUT2D eigenvalue weighted by atomic mass is 10.1. The van der Waals surface area contributed by atoms with Crippen LogP contribution >= 0.6 is 0 Å². The van der Waals surface area contributed by atoms with Gasteiger partial charge in [-0.05, 0) is 31.7 Å². The highest BCUT2D eigenvalue weighted by atomic mass is 19.4. The maximum atomic E-state index is 12.8. The van der Waals surface area contributed by atoms with Crippen LogP contribution < -0.4 is 5.32 Å². The van der Waals surface area contributed by atoms with Crippen LogP contribution in [-0.4, -0.2) is 22.3 Å². The van der Waals surface area contributed by atoms with Crippen molar-refractivity contribution in [2.75, 3.05) is 7.05 Å². The minimum atomic E-state index is -4.65. The Bertz CT molecular complexity index is 621. The van der Waals surface area contributed by atoms with Gasteiger partial charge in [0.2, 0.25) is 11.7 Å². The lowest BCUT2D eigenvalue weighted by Crippen LogP contribution is -2.15. The highest BCUT2D eigenvalue weighted by Gasteiger charge is 2.34. The molecule has 0 bridgehead atoms. The fraction of sp³-hybridized carbons (Fsp3) is 0.385. The predicted molar refractivity (Wildman–Crippen MR) is 68.5 cm³/mol. The van der Waals surface area contributed by atoms with E-state index in [4.69, 9.17) is 4.52 Å². The second kappa shape index (κ2) is 5.72. The van der Waals surface area contributed by atoms with E-state index in [9.17, 15) is 18.3 Å². The van der Waals surface area contributed by atoms with Crippen molar-refractivity contribution in [1.29, 1.82) is 0 Å². The highest BCUT2D eigenvalue weighted by molar-refractivity contribution is 5.58. The topological polar surface area (TPSA) is 71.2 Å². The van der Waals surface area contributed by atoms with Gasteiger partial charge < -0.3 is 14.9 Å². The summed E-state index contributed by atoms with van der Waals surface area (Å²) < 4.78 is 43.3. The smallest absolute Gasteiger partial charge is 0.419 e. The number of halogens is 3. The van der Waals surface area contributed by atoms with E-state index in [1.165, 1.54) is 6.07 Å². The van der Waals surface area contributed by atoms with Crippen LogP contribution in [-0.2, 0) is 6.18 Å². The van der Waals surface area contributed by atoms with Gasteiger partial charge in [-0.25, -0.2) is 0 Å². The molecule has 0 aliphatic heterocycles. The molecule has 21 heavy (non-hydrogen) atoms. The summed E-state index contributed by atoms with van der Waals surface area (Å²) in [4.78, 5) is 4.09. The fourth-order valence-electron chi connectivity index (χ4n) is 1.90. The molecule has 5 nitrogen and oxygen atoms in total. The monoisotopic (exact) mass is 301 g/mol. The third-order valence-corrected chi connectivity index (χ3v) is 3.06. The Morgan fingerprint density at radius 2 is 2.10 bits per heavy atom. The summed E-state index contributed by atoms with van der Waals surface area (Å²) in [5.74, 6) is -0.488. The van der Waals surface area contributed by atoms with Gasteiger partial charge in [0, 0.05) is 5.56 Å². The van der Waals surface area contributed by atoms with Gasteiger partial charge in [0.05, 0.1) is 11.6 Å². The molecule has 0 saturated heterocycles. The molecule has 0 amide bonds. The average Bonchev–Trinajstić information content (AvgIpc) is 2.89. The van der Waals surface area contributed by atoms with E-state index in [0.29, 0.717) is 12.3 Å². The molecular weight excluding hydrogens is 287 g/mol. The molecule has 8 heteroatoms. The van der Waals surface area contributed by atoms with Gasteiger partial charge in [-0.2, -0.15) is 18.2 Å². The van der Waals surface area contributed by atoms with Crippen molar-refractivity contribution in [2.24, 2.45) is 0 Å². The number of phenolic OH excluding ortho intramolecular Hbond substituents is 1. The van der Waals surface area contributed by atoms with Crippen LogP contribution in [0.2, 0.25) is 0 Å². The van der Waals surface area contributed by atoms with Crippen LogP contribution in [0.25, 0.3) is 11.4 Å². The molecule has 0 radical (unpaired) electrons. The number of alkyl halides is 3. The Hall–Kier alpha value is -2.09. The first kappa shape index (κ1) is 15.3. The second-order valence-electron chi connectivity index (χ2n) is 4.44. The molecular formula is C13H14F3N3O2. The number of hydrogen-bond donors (Lipinski definition) is 2. The number of nitrogens with one attached hydrogen (secondary N) is 1. The number of rotatable bonds is 4. The van der Waals surface area contributed by atoms with Gasteiger partial charge in [-0.1, -0.05) is 12.1 Å². The summed E-state index contributed by atoms with van der Waals surface area (Å²) in [6.45, 7) is 1.91. The van der Waals surface area contributed by atoms with Crippen LogP contribution in [0.3, 0.4) is 0 Å². The summed E-state index contributed by atoms with van der Waals surface area (Å²) in [6, 6.07) is 2.90. The Morgan fingerprint density at radius 3 is 2.67 bits per heavy atom. The van der Waals surface area contributed by atoms with E-state index in [2.05, 4.69) is 15.5 Å². The molecule has 1 aromatic carbocycles. The first-order chi connectivity index (χ1) is 9.86. The standard InChI is InChI=1S/C13H14F3N3O2/c1-3-9(17-2)12-18-11(19-21-12)7-4-5-10(20)8(6-7)13(14,15)16/h4-6,9,17,20H,3H2,1-2H3. The molecule has 0 fully saturated rings. The fourth-order valence-corrected chi connectivity index (χ4v) is 1.90. The van der Waals surface area contributed by atoms with Crippen molar-refractivity contribution in [3.63, 3.8) is 0 Å². The molecule has 0 saturated carbocycles. The van der Waals surface area contributed by atoms with Gasteiger partial charge in [-0.3, -0.25) is 0 Å². The van der Waals surface area contributed by atoms with Crippen LogP contribution in [0.4, 0.5) is 13.2 Å². The number of benzene rings is 1. The summed E-state index contributed by atoms with van der Waals surface area (Å²) in [6.07, 6.45) is -3.95. The Kier molecular flexibility index (Phi) is 4.17. The molecule has 0 spiro atoms. The van der Waals surface area contributed by atoms with Gasteiger partial charge in [0.15, 0.2) is 0 Å². The summed E-state index contributed by atoms with van der Waals surface area (Å²) in [5.41, 5.74) is -1.01. The van der Waals surface area contributed by atoms with Crippen LogP contribution in [0.15, 0.2) is 22.7 Å². The molecule has 1 atom stereocenters. The Balaban J connectivity index is 2.39. The Labute approximate surface area is 118 Å². The average molecular weight is 301 g/mol.